The van der Waals surface area contributed by atoms with Crippen LogP contribution in [0.3, 0.4) is 0 Å². The van der Waals surface area contributed by atoms with E-state index in [1.807, 2.05) is 42.5 Å². The van der Waals surface area contributed by atoms with Gasteiger partial charge >= 0.3 is 0 Å². The third kappa shape index (κ3) is 3.59. The standard InChI is InChI=1S/C24H21BrN2O2/c1-26(16-28)22-12-11-18(25)15-21(22)20-9-5-6-10-23(20)27-14-13-17-7-3-4-8-19(17)24(27)29-2/h3-16,24H,1-2H3. The minimum Gasteiger partial charge on any atom is -0.357 e. The van der Waals surface area contributed by atoms with E-state index in [1.54, 1.807) is 19.1 Å². The molecule has 1 aliphatic heterocycles. The van der Waals surface area contributed by atoms with E-state index in [4.69, 9.17) is 4.74 Å². The molecule has 0 aliphatic carbocycles. The Morgan fingerprint density at radius 2 is 1.79 bits per heavy atom. The predicted octanol–water partition coefficient (Wildman–Crippen LogP) is 5.84. The Morgan fingerprint density at radius 3 is 2.59 bits per heavy atom. The topological polar surface area (TPSA) is 32.8 Å². The largest absolute Gasteiger partial charge is 0.357 e. The summed E-state index contributed by atoms with van der Waals surface area (Å²) in [6.45, 7) is 0. The fourth-order valence-electron chi connectivity index (χ4n) is 3.74. The van der Waals surface area contributed by atoms with Crippen molar-refractivity contribution < 1.29 is 9.53 Å². The van der Waals surface area contributed by atoms with Crippen LogP contribution in [-0.4, -0.2) is 20.6 Å². The number of para-hydroxylation sites is 1. The van der Waals surface area contributed by atoms with Gasteiger partial charge in [0.15, 0.2) is 6.23 Å². The van der Waals surface area contributed by atoms with E-state index in [9.17, 15) is 4.79 Å². The normalized spacial score (nSPS) is 15.1. The second-order valence-corrected chi connectivity index (χ2v) is 7.75. The van der Waals surface area contributed by atoms with Crippen LogP contribution in [0, 0.1) is 0 Å². The summed E-state index contributed by atoms with van der Waals surface area (Å²) >= 11 is 3.57. The molecule has 146 valence electrons. The van der Waals surface area contributed by atoms with Gasteiger partial charge in [0.05, 0.1) is 11.4 Å². The van der Waals surface area contributed by atoms with Crippen molar-refractivity contribution in [1.29, 1.82) is 0 Å². The zero-order valence-corrected chi connectivity index (χ0v) is 17.8. The molecule has 3 aromatic rings. The lowest BCUT2D eigenvalue weighted by atomic mass is 9.97. The Kier molecular flexibility index (Phi) is 5.51. The van der Waals surface area contributed by atoms with Crippen LogP contribution in [0.25, 0.3) is 17.2 Å². The van der Waals surface area contributed by atoms with Crippen molar-refractivity contribution in [3.63, 3.8) is 0 Å². The second kappa shape index (κ2) is 8.23. The molecule has 0 bridgehead atoms. The number of rotatable bonds is 5. The average molecular weight is 449 g/mol. The number of carbonyl (C=O) groups excluding carboxylic acids is 1. The maximum Gasteiger partial charge on any atom is 0.213 e. The molecule has 1 aliphatic rings. The summed E-state index contributed by atoms with van der Waals surface area (Å²) in [5.41, 5.74) is 6.09. The molecule has 29 heavy (non-hydrogen) atoms. The first-order chi connectivity index (χ1) is 14.1. The van der Waals surface area contributed by atoms with E-state index < -0.39 is 0 Å². The highest BCUT2D eigenvalue weighted by atomic mass is 79.9. The van der Waals surface area contributed by atoms with Crippen molar-refractivity contribution in [2.75, 3.05) is 24.0 Å². The number of methoxy groups -OCH3 is 1. The predicted molar refractivity (Wildman–Crippen MR) is 122 cm³/mol. The van der Waals surface area contributed by atoms with Gasteiger partial charge in [0.1, 0.15) is 0 Å². The first kappa shape index (κ1) is 19.4. The molecule has 0 saturated carbocycles. The summed E-state index contributed by atoms with van der Waals surface area (Å²) in [5.74, 6) is 0. The van der Waals surface area contributed by atoms with Gasteiger partial charge in [0, 0.05) is 41.5 Å². The van der Waals surface area contributed by atoms with Crippen LogP contribution in [0.15, 0.2) is 77.4 Å². The Hall–Kier alpha value is -2.89. The summed E-state index contributed by atoms with van der Waals surface area (Å²) in [7, 11) is 3.48. The number of halogens is 1. The minimum atomic E-state index is -0.239. The van der Waals surface area contributed by atoms with E-state index in [1.165, 1.54) is 0 Å². The van der Waals surface area contributed by atoms with E-state index in [-0.39, 0.29) is 6.23 Å². The maximum absolute atomic E-state index is 11.5. The van der Waals surface area contributed by atoms with Gasteiger partial charge in [-0.25, -0.2) is 0 Å². The number of hydrogen-bond acceptors (Lipinski definition) is 3. The van der Waals surface area contributed by atoms with E-state index in [0.717, 1.165) is 44.5 Å². The SMILES string of the molecule is COC1c2ccccc2C=CN1c1ccccc1-c1cc(Br)ccc1N(C)C=O. The number of fused-ring (bicyclic) bond motifs is 1. The summed E-state index contributed by atoms with van der Waals surface area (Å²) in [6, 6.07) is 22.3. The fourth-order valence-corrected chi connectivity index (χ4v) is 4.10. The van der Waals surface area contributed by atoms with Crippen LogP contribution in [0.1, 0.15) is 17.4 Å². The zero-order chi connectivity index (χ0) is 20.4. The molecule has 1 heterocycles. The van der Waals surface area contributed by atoms with Crippen molar-refractivity contribution in [3.05, 3.63) is 88.5 Å². The number of nitrogens with zero attached hydrogens (tertiary/aromatic N) is 2. The van der Waals surface area contributed by atoms with E-state index in [2.05, 4.69) is 57.4 Å². The molecule has 3 aromatic carbocycles. The maximum atomic E-state index is 11.5. The molecular weight excluding hydrogens is 428 g/mol. The van der Waals surface area contributed by atoms with Crippen molar-refractivity contribution in [3.8, 4) is 11.1 Å². The van der Waals surface area contributed by atoms with Crippen LogP contribution < -0.4 is 9.80 Å². The number of amides is 1. The molecule has 0 fully saturated rings. The molecule has 5 heteroatoms. The Bertz CT molecular complexity index is 1080. The van der Waals surface area contributed by atoms with Crippen molar-refractivity contribution in [2.45, 2.75) is 6.23 Å². The molecule has 0 N–H and O–H groups in total. The number of carbonyl (C=O) groups is 1. The first-order valence-corrected chi connectivity index (χ1v) is 10.1. The van der Waals surface area contributed by atoms with E-state index in [0.29, 0.717) is 0 Å². The average Bonchev–Trinajstić information content (AvgIpc) is 2.77. The minimum absolute atomic E-state index is 0.239. The lowest BCUT2D eigenvalue weighted by Crippen LogP contribution is -2.28. The van der Waals surface area contributed by atoms with Crippen LogP contribution in [-0.2, 0) is 9.53 Å². The molecule has 0 radical (unpaired) electrons. The quantitative estimate of drug-likeness (QED) is 0.459. The molecule has 1 atom stereocenters. The highest BCUT2D eigenvalue weighted by Crippen LogP contribution is 2.42. The summed E-state index contributed by atoms with van der Waals surface area (Å²) < 4.78 is 6.85. The van der Waals surface area contributed by atoms with Gasteiger partial charge in [-0.15, -0.1) is 0 Å². The van der Waals surface area contributed by atoms with Crippen LogP contribution in [0.5, 0.6) is 0 Å². The summed E-state index contributed by atoms with van der Waals surface area (Å²) in [5, 5.41) is 0. The van der Waals surface area contributed by atoms with Gasteiger partial charge in [-0.05, 0) is 35.9 Å². The molecule has 0 spiro atoms. The summed E-state index contributed by atoms with van der Waals surface area (Å²) in [4.78, 5) is 15.2. The molecule has 1 unspecified atom stereocenters. The van der Waals surface area contributed by atoms with Crippen molar-refractivity contribution >= 4 is 39.8 Å². The van der Waals surface area contributed by atoms with Gasteiger partial charge in [-0.2, -0.15) is 0 Å². The van der Waals surface area contributed by atoms with Crippen LogP contribution in [0.4, 0.5) is 11.4 Å². The number of anilines is 2. The molecule has 4 nitrogen and oxygen atoms in total. The molecule has 4 rings (SSSR count). The number of benzene rings is 3. The number of ether oxygens (including phenoxy) is 1. The van der Waals surface area contributed by atoms with Gasteiger partial charge < -0.3 is 14.5 Å². The van der Waals surface area contributed by atoms with Crippen molar-refractivity contribution in [2.24, 2.45) is 0 Å². The molecule has 0 aromatic heterocycles. The fraction of sp³-hybridized carbons (Fsp3) is 0.125. The Balaban J connectivity index is 1.88. The van der Waals surface area contributed by atoms with Gasteiger partial charge in [-0.3, -0.25) is 4.79 Å². The zero-order valence-electron chi connectivity index (χ0n) is 16.2. The Labute approximate surface area is 179 Å². The molecule has 0 saturated heterocycles. The van der Waals surface area contributed by atoms with Gasteiger partial charge in [0.25, 0.3) is 0 Å². The third-order valence-electron chi connectivity index (χ3n) is 5.12. The highest BCUT2D eigenvalue weighted by Gasteiger charge is 2.26. The lowest BCUT2D eigenvalue weighted by Gasteiger charge is -2.35. The Morgan fingerprint density at radius 1 is 1.03 bits per heavy atom. The third-order valence-corrected chi connectivity index (χ3v) is 5.62. The van der Waals surface area contributed by atoms with Gasteiger partial charge in [-0.1, -0.05) is 58.4 Å². The lowest BCUT2D eigenvalue weighted by molar-refractivity contribution is -0.107. The van der Waals surface area contributed by atoms with E-state index >= 15 is 0 Å². The highest BCUT2D eigenvalue weighted by molar-refractivity contribution is 9.10. The summed E-state index contributed by atoms with van der Waals surface area (Å²) in [6.07, 6.45) is 4.73. The monoisotopic (exact) mass is 448 g/mol. The van der Waals surface area contributed by atoms with Gasteiger partial charge in [0.2, 0.25) is 6.41 Å². The van der Waals surface area contributed by atoms with Crippen molar-refractivity contribution in [1.82, 2.24) is 0 Å². The smallest absolute Gasteiger partial charge is 0.213 e. The first-order valence-electron chi connectivity index (χ1n) is 9.29. The molecule has 1 amide bonds. The van der Waals surface area contributed by atoms with Crippen LogP contribution in [0.2, 0.25) is 0 Å². The second-order valence-electron chi connectivity index (χ2n) is 6.83. The van der Waals surface area contributed by atoms with Crippen LogP contribution >= 0.6 is 15.9 Å². The number of hydrogen-bond donors (Lipinski definition) is 0. The molecular formula is C24H21BrN2O2.